The van der Waals surface area contributed by atoms with Crippen molar-refractivity contribution in [1.82, 2.24) is 9.67 Å². The molecule has 2 heterocycles. The number of terminal acetylenes is 1. The monoisotopic (exact) mass is 284 g/mol. The Kier molecular flexibility index (Phi) is 4.46. The largest absolute Gasteiger partial charge is 0.481 e. The van der Waals surface area contributed by atoms with Gasteiger partial charge in [0.05, 0.1) is 6.54 Å². The number of aromatic nitrogens is 3. The minimum atomic E-state index is -0.881. The molecular formula is C15H14N3O3+. The van der Waals surface area contributed by atoms with Crippen LogP contribution in [0.2, 0.25) is 0 Å². The van der Waals surface area contributed by atoms with Crippen molar-refractivity contribution < 1.29 is 14.6 Å². The van der Waals surface area contributed by atoms with Crippen molar-refractivity contribution in [3.63, 3.8) is 0 Å². The van der Waals surface area contributed by atoms with Gasteiger partial charge in [0.25, 0.3) is 5.56 Å². The van der Waals surface area contributed by atoms with Crippen LogP contribution in [0.1, 0.15) is 6.42 Å². The summed E-state index contributed by atoms with van der Waals surface area (Å²) in [6.07, 6.45) is 10.0. The topological polar surface area (TPSA) is 76.1 Å². The average molecular weight is 284 g/mol. The summed E-state index contributed by atoms with van der Waals surface area (Å²) in [5.41, 5.74) is 0.990. The molecule has 2 rings (SSSR count). The van der Waals surface area contributed by atoms with Gasteiger partial charge < -0.3 is 9.67 Å². The van der Waals surface area contributed by atoms with E-state index in [4.69, 9.17) is 11.5 Å². The molecule has 0 aliphatic heterocycles. The highest BCUT2D eigenvalue weighted by Crippen LogP contribution is 2.11. The Morgan fingerprint density at radius 1 is 1.48 bits per heavy atom. The van der Waals surface area contributed by atoms with Crippen LogP contribution in [0, 0.1) is 12.3 Å². The number of nitrogens with zero attached hydrogens (tertiary/aromatic N) is 3. The van der Waals surface area contributed by atoms with Gasteiger partial charge in [-0.25, -0.2) is 0 Å². The molecule has 0 saturated heterocycles. The van der Waals surface area contributed by atoms with Gasteiger partial charge in [0.15, 0.2) is 12.7 Å². The van der Waals surface area contributed by atoms with E-state index in [1.165, 1.54) is 9.25 Å². The highest BCUT2D eigenvalue weighted by atomic mass is 16.4. The molecule has 0 bridgehead atoms. The first-order chi connectivity index (χ1) is 10.1. The fraction of sp³-hybridized carbons (Fsp3) is 0.200. The van der Waals surface area contributed by atoms with Crippen LogP contribution < -0.4 is 10.2 Å². The smallest absolute Gasteiger partial charge is 0.309 e. The summed E-state index contributed by atoms with van der Waals surface area (Å²) in [5, 5.41) is 12.7. The predicted molar refractivity (Wildman–Crippen MR) is 75.2 cm³/mol. The van der Waals surface area contributed by atoms with E-state index in [0.29, 0.717) is 11.1 Å². The van der Waals surface area contributed by atoms with E-state index in [0.717, 1.165) is 0 Å². The lowest BCUT2D eigenvalue weighted by Crippen LogP contribution is -2.38. The molecule has 2 aromatic heterocycles. The molecule has 0 spiro atoms. The fourth-order valence-electron chi connectivity index (χ4n) is 1.87. The van der Waals surface area contributed by atoms with Crippen LogP contribution in [0.3, 0.4) is 0 Å². The van der Waals surface area contributed by atoms with Gasteiger partial charge in [0.2, 0.25) is 0 Å². The quantitative estimate of drug-likeness (QED) is 0.633. The third-order valence-corrected chi connectivity index (χ3v) is 2.92. The van der Waals surface area contributed by atoms with E-state index in [-0.39, 0.29) is 25.1 Å². The van der Waals surface area contributed by atoms with Gasteiger partial charge in [-0.3, -0.25) is 9.59 Å². The molecule has 2 aromatic rings. The first-order valence-corrected chi connectivity index (χ1v) is 6.32. The summed E-state index contributed by atoms with van der Waals surface area (Å²) in [6.45, 7) is 0.497. The van der Waals surface area contributed by atoms with Crippen LogP contribution >= 0.6 is 0 Å². The Morgan fingerprint density at radius 2 is 2.29 bits per heavy atom. The number of aryl methyl sites for hydroxylation is 1. The summed E-state index contributed by atoms with van der Waals surface area (Å²) < 4.78 is 2.96. The standard InChI is InChI=1S/C15H13N3O3/c1-2-7-17-8-3-4-13(15(17)21)12-5-9-18(16-11-12)10-6-14(19)20/h1,3-5,8-9,11H,6-7,10H2/p+1. The Balaban J connectivity index is 2.27. The van der Waals surface area contributed by atoms with Gasteiger partial charge in [-0.2, -0.15) is 0 Å². The maximum Gasteiger partial charge on any atom is 0.309 e. The Hall–Kier alpha value is -2.94. The average Bonchev–Trinajstić information content (AvgIpc) is 2.48. The van der Waals surface area contributed by atoms with Gasteiger partial charge in [0, 0.05) is 23.4 Å². The molecule has 21 heavy (non-hydrogen) atoms. The summed E-state index contributed by atoms with van der Waals surface area (Å²) in [5.74, 6) is 1.55. The number of rotatable bonds is 5. The highest BCUT2D eigenvalue weighted by molar-refractivity contribution is 5.66. The van der Waals surface area contributed by atoms with Gasteiger partial charge >= 0.3 is 5.97 Å². The second-order valence-electron chi connectivity index (χ2n) is 4.38. The van der Waals surface area contributed by atoms with Gasteiger partial charge in [-0.15, -0.1) is 6.42 Å². The van der Waals surface area contributed by atoms with Gasteiger partial charge in [-0.05, 0) is 17.2 Å². The van der Waals surface area contributed by atoms with Crippen LogP contribution in [-0.2, 0) is 17.9 Å². The molecule has 0 amide bonds. The van der Waals surface area contributed by atoms with E-state index in [1.807, 2.05) is 0 Å². The predicted octanol–water partition coefficient (Wildman–Crippen LogP) is 0.306. The first kappa shape index (κ1) is 14.5. The number of pyridine rings is 1. The van der Waals surface area contributed by atoms with E-state index in [9.17, 15) is 9.59 Å². The summed E-state index contributed by atoms with van der Waals surface area (Å²) in [6, 6.07) is 5.18. The van der Waals surface area contributed by atoms with Crippen LogP contribution in [0.25, 0.3) is 11.1 Å². The zero-order valence-corrected chi connectivity index (χ0v) is 11.3. The zero-order valence-electron chi connectivity index (χ0n) is 11.3. The molecule has 106 valence electrons. The molecule has 0 unspecified atom stereocenters. The second kappa shape index (κ2) is 6.48. The Labute approximate surface area is 121 Å². The lowest BCUT2D eigenvalue weighted by Gasteiger charge is -2.04. The number of carboxylic acids is 1. The fourth-order valence-corrected chi connectivity index (χ4v) is 1.87. The molecule has 1 N–H and O–H groups in total. The first-order valence-electron chi connectivity index (χ1n) is 6.32. The number of hydrogen-bond acceptors (Lipinski definition) is 3. The van der Waals surface area contributed by atoms with Crippen LogP contribution in [-0.4, -0.2) is 20.7 Å². The second-order valence-corrected chi connectivity index (χ2v) is 4.38. The molecule has 0 aliphatic carbocycles. The number of carboxylic acid groups (broad SMARTS) is 1. The van der Waals surface area contributed by atoms with Crippen molar-refractivity contribution in [2.45, 2.75) is 19.5 Å². The molecule has 6 heteroatoms. The minimum absolute atomic E-state index is 0.00265. The van der Waals surface area contributed by atoms with Crippen molar-refractivity contribution in [1.29, 1.82) is 0 Å². The molecule has 0 aromatic carbocycles. The molecular weight excluding hydrogens is 270 g/mol. The third-order valence-electron chi connectivity index (χ3n) is 2.92. The number of hydrogen-bond donors (Lipinski definition) is 1. The minimum Gasteiger partial charge on any atom is -0.481 e. The van der Waals surface area contributed by atoms with Gasteiger partial charge in [-0.1, -0.05) is 10.6 Å². The van der Waals surface area contributed by atoms with E-state index < -0.39 is 5.97 Å². The van der Waals surface area contributed by atoms with E-state index in [1.54, 1.807) is 36.8 Å². The summed E-state index contributed by atoms with van der Waals surface area (Å²) in [4.78, 5) is 22.7. The van der Waals surface area contributed by atoms with E-state index >= 15 is 0 Å². The van der Waals surface area contributed by atoms with Crippen LogP contribution in [0.15, 0.2) is 41.6 Å². The van der Waals surface area contributed by atoms with Crippen molar-refractivity contribution >= 4 is 5.97 Å². The summed E-state index contributed by atoms with van der Waals surface area (Å²) in [7, 11) is 0. The van der Waals surface area contributed by atoms with Crippen molar-refractivity contribution in [2.24, 2.45) is 0 Å². The Bertz CT molecular complexity index is 742. The van der Waals surface area contributed by atoms with Crippen molar-refractivity contribution in [3.8, 4) is 23.5 Å². The van der Waals surface area contributed by atoms with Crippen molar-refractivity contribution in [2.75, 3.05) is 0 Å². The number of aliphatic carboxylic acids is 1. The molecule has 0 aliphatic rings. The third kappa shape index (κ3) is 3.54. The van der Waals surface area contributed by atoms with Crippen LogP contribution in [0.5, 0.6) is 0 Å². The van der Waals surface area contributed by atoms with E-state index in [2.05, 4.69) is 11.0 Å². The molecule has 6 nitrogen and oxygen atoms in total. The lowest BCUT2D eigenvalue weighted by molar-refractivity contribution is -0.752. The normalized spacial score (nSPS) is 10.0. The zero-order chi connectivity index (χ0) is 15.2. The SMILES string of the molecule is C#CCn1cccc(-c2cc[n+](CCC(=O)O)nc2)c1=O. The van der Waals surface area contributed by atoms with Crippen LogP contribution in [0.4, 0.5) is 0 Å². The maximum absolute atomic E-state index is 12.2. The molecule has 0 saturated carbocycles. The van der Waals surface area contributed by atoms with Crippen molar-refractivity contribution in [3.05, 3.63) is 47.1 Å². The number of carbonyl (C=O) groups is 1. The molecule has 0 radical (unpaired) electrons. The summed E-state index contributed by atoms with van der Waals surface area (Å²) >= 11 is 0. The van der Waals surface area contributed by atoms with Gasteiger partial charge in [0.1, 0.15) is 12.6 Å². The lowest BCUT2D eigenvalue weighted by atomic mass is 10.1. The molecule has 0 fully saturated rings. The highest BCUT2D eigenvalue weighted by Gasteiger charge is 2.10. The molecule has 0 atom stereocenters. The maximum atomic E-state index is 12.2. The Morgan fingerprint density at radius 3 is 2.90 bits per heavy atom.